The standard InChI is InChI=1S/C42H75O9P/c1-3-5-7-9-11-13-14-15-16-17-18-19-20-21-22-23-24-25-27-29-31-33-35-48-38-41(39-50-52(46,47)49-37-40(44)36-43)51-42(45)34-32-30-28-26-12-10-8-6-4-2/h5,7,11,13,15-16,18-19,21-22,40-41,43-44H,3-4,6,8-10,12,14,17,20,23-39H2,1-2H3,(H,46,47)/b7-5-,13-11-,16-15-,19-18-,22-21-. The van der Waals surface area contributed by atoms with E-state index in [1.165, 1.54) is 57.8 Å². The van der Waals surface area contributed by atoms with Crippen LogP contribution in [0.1, 0.15) is 155 Å². The van der Waals surface area contributed by atoms with Crippen molar-refractivity contribution in [2.75, 3.05) is 33.0 Å². The van der Waals surface area contributed by atoms with Crippen LogP contribution in [0.2, 0.25) is 0 Å². The molecule has 0 rings (SSSR count). The summed E-state index contributed by atoms with van der Waals surface area (Å²) >= 11 is 0. The molecule has 0 fully saturated rings. The zero-order valence-electron chi connectivity index (χ0n) is 32.8. The van der Waals surface area contributed by atoms with Gasteiger partial charge < -0.3 is 24.6 Å². The highest BCUT2D eigenvalue weighted by molar-refractivity contribution is 7.47. The van der Waals surface area contributed by atoms with Gasteiger partial charge in [-0.2, -0.15) is 0 Å². The van der Waals surface area contributed by atoms with E-state index in [1.54, 1.807) is 0 Å². The molecule has 0 aromatic carbocycles. The second-order valence-electron chi connectivity index (χ2n) is 13.3. The van der Waals surface area contributed by atoms with E-state index in [9.17, 15) is 19.4 Å². The Morgan fingerprint density at radius 2 is 1.10 bits per heavy atom. The molecule has 0 spiro atoms. The third-order valence-electron chi connectivity index (χ3n) is 8.22. The van der Waals surface area contributed by atoms with Gasteiger partial charge in [0, 0.05) is 13.0 Å². The fraction of sp³-hybridized carbons (Fsp3) is 0.738. The predicted octanol–water partition coefficient (Wildman–Crippen LogP) is 10.8. The monoisotopic (exact) mass is 755 g/mol. The molecule has 302 valence electrons. The van der Waals surface area contributed by atoms with Crippen LogP contribution in [0.5, 0.6) is 0 Å². The van der Waals surface area contributed by atoms with E-state index < -0.39 is 39.2 Å². The third-order valence-corrected chi connectivity index (χ3v) is 9.17. The minimum absolute atomic E-state index is 0.0377. The Morgan fingerprint density at radius 3 is 1.65 bits per heavy atom. The smallest absolute Gasteiger partial charge is 0.457 e. The van der Waals surface area contributed by atoms with Crippen LogP contribution in [0, 0.1) is 0 Å². The fourth-order valence-electron chi connectivity index (χ4n) is 5.15. The molecule has 0 saturated carbocycles. The van der Waals surface area contributed by atoms with Gasteiger partial charge in [0.25, 0.3) is 0 Å². The van der Waals surface area contributed by atoms with E-state index in [2.05, 4.69) is 74.6 Å². The summed E-state index contributed by atoms with van der Waals surface area (Å²) < 4.78 is 33.2. The molecule has 0 radical (unpaired) electrons. The Balaban J connectivity index is 4.15. The maximum absolute atomic E-state index is 12.5. The Kier molecular flexibility index (Phi) is 37.5. The number of aliphatic hydroxyl groups excluding tert-OH is 2. The maximum atomic E-state index is 12.5. The van der Waals surface area contributed by atoms with Gasteiger partial charge in [0.1, 0.15) is 12.2 Å². The number of esters is 1. The van der Waals surface area contributed by atoms with Gasteiger partial charge in [0.15, 0.2) is 0 Å². The number of phosphoric ester groups is 1. The van der Waals surface area contributed by atoms with Gasteiger partial charge >= 0.3 is 13.8 Å². The maximum Gasteiger partial charge on any atom is 0.472 e. The number of rotatable bonds is 38. The van der Waals surface area contributed by atoms with Crippen molar-refractivity contribution in [3.05, 3.63) is 60.8 Å². The first-order chi connectivity index (χ1) is 25.3. The Morgan fingerprint density at radius 1 is 0.615 bits per heavy atom. The molecule has 0 aliphatic rings. The molecule has 0 aliphatic heterocycles. The van der Waals surface area contributed by atoms with E-state index in [0.29, 0.717) is 6.61 Å². The first-order valence-electron chi connectivity index (χ1n) is 20.3. The van der Waals surface area contributed by atoms with Crippen molar-refractivity contribution >= 4 is 13.8 Å². The van der Waals surface area contributed by atoms with E-state index in [4.69, 9.17) is 23.6 Å². The molecule has 9 nitrogen and oxygen atoms in total. The lowest BCUT2D eigenvalue weighted by atomic mass is 10.1. The molecule has 0 heterocycles. The number of allylic oxidation sites excluding steroid dienone is 10. The van der Waals surface area contributed by atoms with Crippen molar-refractivity contribution in [1.82, 2.24) is 0 Å². The lowest BCUT2D eigenvalue weighted by molar-refractivity contribution is -0.154. The normalized spacial score (nSPS) is 14.8. The topological polar surface area (TPSA) is 132 Å². The number of unbranched alkanes of at least 4 members (excludes halogenated alkanes) is 14. The number of aliphatic hydroxyl groups is 2. The SMILES string of the molecule is CC/C=C\C/C=C\C/C=C\C/C=C\C/C=C\CCCCCCCCOCC(COP(=O)(O)OCC(O)CO)OC(=O)CCCCCCCCCCC. The molecule has 0 amide bonds. The Hall–Kier alpha value is -1.84. The number of carbonyl (C=O) groups excluding carboxylic acids is 1. The van der Waals surface area contributed by atoms with Crippen LogP contribution in [0.25, 0.3) is 0 Å². The molecule has 0 aromatic rings. The van der Waals surface area contributed by atoms with Crippen molar-refractivity contribution < 1.29 is 43.0 Å². The van der Waals surface area contributed by atoms with Crippen molar-refractivity contribution in [3.8, 4) is 0 Å². The van der Waals surface area contributed by atoms with Crippen molar-refractivity contribution in [1.29, 1.82) is 0 Å². The molecule has 52 heavy (non-hydrogen) atoms. The lowest BCUT2D eigenvalue weighted by Gasteiger charge is -2.20. The molecule has 0 bridgehead atoms. The fourth-order valence-corrected chi connectivity index (χ4v) is 5.93. The first kappa shape index (κ1) is 50.2. The Bertz CT molecular complexity index is 992. The lowest BCUT2D eigenvalue weighted by Crippen LogP contribution is -2.29. The number of hydrogen-bond donors (Lipinski definition) is 3. The molecule has 10 heteroatoms. The number of phosphoric acid groups is 1. The second kappa shape index (κ2) is 38.9. The van der Waals surface area contributed by atoms with Crippen LogP contribution in [-0.2, 0) is 27.9 Å². The van der Waals surface area contributed by atoms with Gasteiger partial charge in [-0.1, -0.05) is 152 Å². The average molecular weight is 755 g/mol. The second-order valence-corrected chi connectivity index (χ2v) is 14.7. The van der Waals surface area contributed by atoms with Crippen molar-refractivity contribution in [2.24, 2.45) is 0 Å². The minimum Gasteiger partial charge on any atom is -0.457 e. The molecule has 0 aliphatic carbocycles. The van der Waals surface area contributed by atoms with E-state index in [0.717, 1.165) is 77.0 Å². The molecular weight excluding hydrogens is 679 g/mol. The summed E-state index contributed by atoms with van der Waals surface area (Å²) in [4.78, 5) is 22.4. The Labute approximate surface area is 317 Å². The summed E-state index contributed by atoms with van der Waals surface area (Å²) in [6, 6.07) is 0. The van der Waals surface area contributed by atoms with Crippen LogP contribution in [0.15, 0.2) is 60.8 Å². The van der Waals surface area contributed by atoms with Crippen molar-refractivity contribution in [2.45, 2.75) is 167 Å². The van der Waals surface area contributed by atoms with E-state index in [1.807, 2.05) is 0 Å². The summed E-state index contributed by atoms with van der Waals surface area (Å²) in [5.41, 5.74) is 0. The van der Waals surface area contributed by atoms with Gasteiger partial charge in [0.2, 0.25) is 0 Å². The first-order valence-corrected chi connectivity index (χ1v) is 21.8. The minimum atomic E-state index is -4.52. The molecule has 3 unspecified atom stereocenters. The van der Waals surface area contributed by atoms with Crippen LogP contribution >= 0.6 is 7.82 Å². The van der Waals surface area contributed by atoms with Gasteiger partial charge in [0.05, 0.1) is 26.4 Å². The molecule has 3 atom stereocenters. The van der Waals surface area contributed by atoms with Gasteiger partial charge in [-0.3, -0.25) is 13.8 Å². The number of ether oxygens (including phenoxy) is 2. The van der Waals surface area contributed by atoms with Gasteiger partial charge in [-0.05, 0) is 57.8 Å². The quantitative estimate of drug-likeness (QED) is 0.0244. The zero-order chi connectivity index (χ0) is 38.2. The predicted molar refractivity (Wildman–Crippen MR) is 214 cm³/mol. The number of carbonyl (C=O) groups is 1. The van der Waals surface area contributed by atoms with E-state index >= 15 is 0 Å². The van der Waals surface area contributed by atoms with Crippen LogP contribution in [0.3, 0.4) is 0 Å². The van der Waals surface area contributed by atoms with Gasteiger partial charge in [-0.15, -0.1) is 0 Å². The molecule has 0 aromatic heterocycles. The summed E-state index contributed by atoms with van der Waals surface area (Å²) in [6.07, 6.45) is 43.3. The van der Waals surface area contributed by atoms with E-state index in [-0.39, 0.29) is 19.6 Å². The van der Waals surface area contributed by atoms with Crippen LogP contribution in [-0.4, -0.2) is 66.3 Å². The van der Waals surface area contributed by atoms with Crippen LogP contribution < -0.4 is 0 Å². The molecule has 0 saturated heterocycles. The summed E-state index contributed by atoms with van der Waals surface area (Å²) in [5, 5.41) is 18.3. The van der Waals surface area contributed by atoms with Crippen molar-refractivity contribution in [3.63, 3.8) is 0 Å². The van der Waals surface area contributed by atoms with Crippen LogP contribution in [0.4, 0.5) is 0 Å². The largest absolute Gasteiger partial charge is 0.472 e. The average Bonchev–Trinajstić information content (AvgIpc) is 3.13. The zero-order valence-corrected chi connectivity index (χ0v) is 33.7. The molecular formula is C42H75O9P. The number of hydrogen-bond acceptors (Lipinski definition) is 8. The highest BCUT2D eigenvalue weighted by Crippen LogP contribution is 2.43. The highest BCUT2D eigenvalue weighted by Gasteiger charge is 2.26. The third kappa shape index (κ3) is 37.9. The van der Waals surface area contributed by atoms with Gasteiger partial charge in [-0.25, -0.2) is 4.57 Å². The summed E-state index contributed by atoms with van der Waals surface area (Å²) in [6.45, 7) is 3.33. The highest BCUT2D eigenvalue weighted by atomic mass is 31.2. The molecule has 3 N–H and O–H groups in total. The summed E-state index contributed by atoms with van der Waals surface area (Å²) in [7, 11) is -4.52. The summed E-state index contributed by atoms with van der Waals surface area (Å²) in [5.74, 6) is -0.394.